The van der Waals surface area contributed by atoms with Gasteiger partial charge in [0.05, 0.1) is 51.4 Å². The number of aryl methyl sites for hydroxylation is 1. The van der Waals surface area contributed by atoms with E-state index in [1.54, 1.807) is 6.07 Å². The number of anilines is 2. The van der Waals surface area contributed by atoms with Crippen LogP contribution in [-0.2, 0) is 0 Å². The topological polar surface area (TPSA) is 55.1 Å². The van der Waals surface area contributed by atoms with Gasteiger partial charge in [0, 0.05) is 22.5 Å². The summed E-state index contributed by atoms with van der Waals surface area (Å²) in [6.45, 7) is 1.97. The lowest BCUT2D eigenvalue weighted by atomic mass is 9.96. The fraction of sp³-hybridized carbons (Fsp3) is 0.233. The molecule has 1 saturated carbocycles. The summed E-state index contributed by atoms with van der Waals surface area (Å²) in [6, 6.07) is 20.6. The highest BCUT2D eigenvalue weighted by molar-refractivity contribution is 6.30. The highest BCUT2D eigenvalue weighted by atomic mass is 35.5. The summed E-state index contributed by atoms with van der Waals surface area (Å²) < 4.78 is 16.5. The van der Waals surface area contributed by atoms with E-state index in [1.165, 1.54) is 31.4 Å². The van der Waals surface area contributed by atoms with Crippen molar-refractivity contribution in [3.05, 3.63) is 94.8 Å². The van der Waals surface area contributed by atoms with Gasteiger partial charge in [0.2, 0.25) is 0 Å². The third-order valence-corrected chi connectivity index (χ3v) is 7.18. The smallest absolute Gasteiger partial charge is 0.125 e. The number of rotatable bonds is 4. The fourth-order valence-electron chi connectivity index (χ4n) is 5.04. The van der Waals surface area contributed by atoms with E-state index in [1.807, 2.05) is 60.2 Å². The van der Waals surface area contributed by atoms with Crippen molar-refractivity contribution in [2.45, 2.75) is 45.1 Å². The van der Waals surface area contributed by atoms with Crippen LogP contribution in [0.25, 0.3) is 28.1 Å². The fourth-order valence-corrected chi connectivity index (χ4v) is 5.17. The lowest BCUT2D eigenvalue weighted by Gasteiger charge is -2.22. The normalized spacial score (nSPS) is 14.9. The SMILES string of the molecule is Cc1ccc(Nc2cc3nc4ccc(F)cc4n(-c4ccc(Cl)cc4)c-3c/c2=N\C2CCCCC2)cn1. The van der Waals surface area contributed by atoms with Crippen molar-refractivity contribution < 1.29 is 4.39 Å². The predicted molar refractivity (Wildman–Crippen MR) is 147 cm³/mol. The van der Waals surface area contributed by atoms with Gasteiger partial charge in [-0.2, -0.15) is 0 Å². The molecule has 2 heterocycles. The first-order chi connectivity index (χ1) is 18.0. The van der Waals surface area contributed by atoms with Crippen molar-refractivity contribution in [3.63, 3.8) is 0 Å². The van der Waals surface area contributed by atoms with Gasteiger partial charge in [0.25, 0.3) is 0 Å². The third kappa shape index (κ3) is 4.94. The second-order valence-electron chi connectivity index (χ2n) is 9.65. The molecule has 0 unspecified atom stereocenters. The first-order valence-electron chi connectivity index (χ1n) is 12.7. The Morgan fingerprint density at radius 2 is 1.78 bits per heavy atom. The van der Waals surface area contributed by atoms with Crippen LogP contribution < -0.4 is 10.7 Å². The Balaban J connectivity index is 1.62. The molecule has 0 bridgehead atoms. The Hall–Kier alpha value is -3.77. The van der Waals surface area contributed by atoms with Crippen molar-refractivity contribution >= 4 is 34.0 Å². The Labute approximate surface area is 220 Å². The Kier molecular flexibility index (Phi) is 6.35. The summed E-state index contributed by atoms with van der Waals surface area (Å²) >= 11 is 6.19. The van der Waals surface area contributed by atoms with E-state index in [-0.39, 0.29) is 11.9 Å². The molecule has 5 nitrogen and oxygen atoms in total. The molecule has 3 aromatic rings. The van der Waals surface area contributed by atoms with Crippen molar-refractivity contribution in [1.29, 1.82) is 0 Å². The van der Waals surface area contributed by atoms with Gasteiger partial charge in [-0.05, 0) is 80.4 Å². The maximum absolute atomic E-state index is 14.4. The molecule has 0 atom stereocenters. The van der Waals surface area contributed by atoms with Crippen molar-refractivity contribution in [1.82, 2.24) is 14.5 Å². The number of fused-ring (bicyclic) bond motifs is 2. The maximum atomic E-state index is 14.4. The van der Waals surface area contributed by atoms with Crippen molar-refractivity contribution in [3.8, 4) is 17.1 Å². The number of hydrogen-bond acceptors (Lipinski definition) is 4. The van der Waals surface area contributed by atoms with Crippen LogP contribution >= 0.6 is 11.6 Å². The maximum Gasteiger partial charge on any atom is 0.125 e. The second-order valence-corrected chi connectivity index (χ2v) is 10.1. The zero-order valence-corrected chi connectivity index (χ0v) is 21.3. The largest absolute Gasteiger partial charge is 0.352 e. The Morgan fingerprint density at radius 3 is 2.54 bits per heavy atom. The standard InChI is InChI=1S/C30H27ClFN5/c1-19-7-11-23(18-33-19)35-26-16-28-30(17-27(26)34-22-5-3-2-4-6-22)37(24-12-8-20(31)9-13-24)29-15-21(32)10-14-25(29)36-28/h7-18,22,35H,2-6H2,1H3/b34-27+. The summed E-state index contributed by atoms with van der Waals surface area (Å²) in [6.07, 6.45) is 7.66. The molecule has 2 aromatic carbocycles. The summed E-state index contributed by atoms with van der Waals surface area (Å²) in [7, 11) is 0. The number of halogens is 2. The van der Waals surface area contributed by atoms with Gasteiger partial charge in [0.1, 0.15) is 5.82 Å². The molecule has 1 fully saturated rings. The van der Waals surface area contributed by atoms with E-state index >= 15 is 0 Å². The third-order valence-electron chi connectivity index (χ3n) is 6.92. The van der Waals surface area contributed by atoms with Gasteiger partial charge < -0.3 is 9.88 Å². The van der Waals surface area contributed by atoms with E-state index in [0.29, 0.717) is 16.1 Å². The number of pyridine rings is 1. The van der Waals surface area contributed by atoms with Gasteiger partial charge in [-0.25, -0.2) is 9.37 Å². The molecule has 37 heavy (non-hydrogen) atoms. The molecule has 186 valence electrons. The van der Waals surface area contributed by atoms with Crippen LogP contribution in [0, 0.1) is 12.7 Å². The average Bonchev–Trinajstić information content (AvgIpc) is 2.90. The highest BCUT2D eigenvalue weighted by Gasteiger charge is 2.19. The Bertz CT molecular complexity index is 1600. The minimum absolute atomic E-state index is 0.276. The molecule has 1 aliphatic heterocycles. The first kappa shape index (κ1) is 23.6. The van der Waals surface area contributed by atoms with Crippen LogP contribution in [0.3, 0.4) is 0 Å². The van der Waals surface area contributed by atoms with Gasteiger partial charge in [-0.3, -0.25) is 9.98 Å². The molecular weight excluding hydrogens is 485 g/mol. The molecule has 1 aromatic heterocycles. The Morgan fingerprint density at radius 1 is 0.973 bits per heavy atom. The summed E-state index contributed by atoms with van der Waals surface area (Å²) in [5, 5.41) is 5.03. The monoisotopic (exact) mass is 511 g/mol. The highest BCUT2D eigenvalue weighted by Crippen LogP contribution is 2.31. The van der Waals surface area contributed by atoms with E-state index in [2.05, 4.69) is 16.4 Å². The zero-order chi connectivity index (χ0) is 25.4. The molecule has 7 heteroatoms. The van der Waals surface area contributed by atoms with E-state index < -0.39 is 0 Å². The van der Waals surface area contributed by atoms with Crippen LogP contribution in [0.2, 0.25) is 5.02 Å². The lowest BCUT2D eigenvalue weighted by molar-refractivity contribution is 0.437. The van der Waals surface area contributed by atoms with E-state index in [9.17, 15) is 4.39 Å². The van der Waals surface area contributed by atoms with E-state index in [4.69, 9.17) is 21.6 Å². The molecule has 0 radical (unpaired) electrons. The van der Waals surface area contributed by atoms with Crippen molar-refractivity contribution in [2.75, 3.05) is 5.32 Å². The summed E-state index contributed by atoms with van der Waals surface area (Å²) in [5.41, 5.74) is 6.60. The van der Waals surface area contributed by atoms with Crippen LogP contribution in [-0.4, -0.2) is 20.6 Å². The van der Waals surface area contributed by atoms with E-state index in [0.717, 1.165) is 52.3 Å². The number of nitrogens with one attached hydrogen (secondary N) is 1. The minimum atomic E-state index is -0.311. The van der Waals surface area contributed by atoms with Crippen molar-refractivity contribution in [2.24, 2.45) is 4.99 Å². The van der Waals surface area contributed by atoms with Gasteiger partial charge >= 0.3 is 0 Å². The minimum Gasteiger partial charge on any atom is -0.352 e. The summed E-state index contributed by atoms with van der Waals surface area (Å²) in [4.78, 5) is 14.6. The molecule has 3 aliphatic rings. The van der Waals surface area contributed by atoms with Crippen LogP contribution in [0.15, 0.2) is 77.9 Å². The average molecular weight is 512 g/mol. The number of hydrogen-bond donors (Lipinski definition) is 1. The van der Waals surface area contributed by atoms with Crippen LogP contribution in [0.1, 0.15) is 37.8 Å². The molecule has 0 saturated heterocycles. The quantitative estimate of drug-likeness (QED) is 0.253. The molecule has 1 N–H and O–H groups in total. The van der Waals surface area contributed by atoms with Gasteiger partial charge in [-0.1, -0.05) is 30.9 Å². The predicted octanol–water partition coefficient (Wildman–Crippen LogP) is 7.60. The first-order valence-corrected chi connectivity index (χ1v) is 13.1. The molecular formula is C30H27ClFN5. The van der Waals surface area contributed by atoms with Crippen LogP contribution in [0.4, 0.5) is 15.8 Å². The molecule has 0 amide bonds. The molecule has 2 aliphatic carbocycles. The van der Waals surface area contributed by atoms with Crippen LogP contribution in [0.5, 0.6) is 0 Å². The second kappa shape index (κ2) is 9.94. The zero-order valence-electron chi connectivity index (χ0n) is 20.6. The van der Waals surface area contributed by atoms with Gasteiger partial charge in [0.15, 0.2) is 0 Å². The van der Waals surface area contributed by atoms with Gasteiger partial charge in [-0.15, -0.1) is 0 Å². The number of nitrogens with zero attached hydrogens (tertiary/aromatic N) is 4. The summed E-state index contributed by atoms with van der Waals surface area (Å²) in [5.74, 6) is -0.311. The molecule has 6 rings (SSSR count). The lowest BCUT2D eigenvalue weighted by Crippen LogP contribution is -2.19. The number of aromatic nitrogens is 3. The molecule has 0 spiro atoms. The number of benzene rings is 3.